The summed E-state index contributed by atoms with van der Waals surface area (Å²) in [6.07, 6.45) is 4.16. The smallest absolute Gasteiger partial charge is 0.267 e. The Balaban J connectivity index is 1.82. The Morgan fingerprint density at radius 3 is 2.95 bits per heavy atom. The second-order valence-electron chi connectivity index (χ2n) is 5.32. The molecule has 1 aliphatic carbocycles. The minimum absolute atomic E-state index is 0.110. The van der Waals surface area contributed by atoms with Gasteiger partial charge >= 0.3 is 0 Å². The maximum atomic E-state index is 11.8. The monoisotopic (exact) mass is 285 g/mol. The summed E-state index contributed by atoms with van der Waals surface area (Å²) in [7, 11) is 1.64. The largest absolute Gasteiger partial charge is 0.496 e. The quantitative estimate of drug-likeness (QED) is 0.875. The van der Waals surface area contributed by atoms with Crippen LogP contribution in [0.3, 0.4) is 0 Å². The van der Waals surface area contributed by atoms with Crippen LogP contribution in [0.5, 0.6) is 5.75 Å². The van der Waals surface area contributed by atoms with Crippen LogP contribution in [0.1, 0.15) is 24.0 Å². The molecule has 0 atom stereocenters. The number of aromatic nitrogens is 2. The highest BCUT2D eigenvalue weighted by Crippen LogP contribution is 2.22. The van der Waals surface area contributed by atoms with Crippen LogP contribution in [0.2, 0.25) is 0 Å². The van der Waals surface area contributed by atoms with Crippen molar-refractivity contribution in [1.82, 2.24) is 15.1 Å². The Morgan fingerprint density at radius 2 is 2.24 bits per heavy atom. The Hall–Kier alpha value is -2.14. The molecule has 1 saturated carbocycles. The van der Waals surface area contributed by atoms with Crippen molar-refractivity contribution in [3.8, 4) is 5.75 Å². The molecule has 2 aromatic rings. The van der Waals surface area contributed by atoms with E-state index in [-0.39, 0.29) is 5.56 Å². The van der Waals surface area contributed by atoms with Gasteiger partial charge in [0, 0.05) is 30.4 Å². The lowest BCUT2D eigenvalue weighted by atomic mass is 10.1. The lowest BCUT2D eigenvalue weighted by Gasteiger charge is -2.12. The molecule has 1 N–H and O–H groups in total. The third-order valence-corrected chi connectivity index (χ3v) is 3.62. The molecule has 1 aliphatic rings. The summed E-state index contributed by atoms with van der Waals surface area (Å²) in [5, 5.41) is 7.58. The Bertz CT molecular complexity index is 677. The van der Waals surface area contributed by atoms with Gasteiger partial charge in [0.1, 0.15) is 5.75 Å². The number of rotatable bonds is 6. The summed E-state index contributed by atoms with van der Waals surface area (Å²) >= 11 is 0. The highest BCUT2D eigenvalue weighted by Gasteiger charge is 2.20. The first kappa shape index (κ1) is 13.8. The Morgan fingerprint density at radius 1 is 1.38 bits per heavy atom. The van der Waals surface area contributed by atoms with Gasteiger partial charge in [-0.25, -0.2) is 4.68 Å². The van der Waals surface area contributed by atoms with Crippen molar-refractivity contribution in [1.29, 1.82) is 0 Å². The van der Waals surface area contributed by atoms with Gasteiger partial charge < -0.3 is 10.1 Å². The van der Waals surface area contributed by atoms with E-state index in [1.54, 1.807) is 19.4 Å². The van der Waals surface area contributed by atoms with E-state index in [1.807, 2.05) is 6.07 Å². The molecule has 0 radical (unpaired) electrons. The molecule has 1 aromatic carbocycles. The van der Waals surface area contributed by atoms with Crippen molar-refractivity contribution in [3.05, 3.63) is 58.0 Å². The van der Waals surface area contributed by atoms with E-state index in [1.165, 1.54) is 29.2 Å². The van der Waals surface area contributed by atoms with Gasteiger partial charge in [-0.2, -0.15) is 5.10 Å². The van der Waals surface area contributed by atoms with Gasteiger partial charge in [-0.3, -0.25) is 4.79 Å². The molecule has 0 bridgehead atoms. The number of hydrogen-bond acceptors (Lipinski definition) is 4. The number of nitrogens with one attached hydrogen (secondary N) is 1. The van der Waals surface area contributed by atoms with Crippen molar-refractivity contribution in [2.24, 2.45) is 0 Å². The summed E-state index contributed by atoms with van der Waals surface area (Å²) < 4.78 is 6.83. The second kappa shape index (κ2) is 6.10. The van der Waals surface area contributed by atoms with E-state index >= 15 is 0 Å². The third kappa shape index (κ3) is 3.49. The van der Waals surface area contributed by atoms with Crippen LogP contribution in [0.25, 0.3) is 0 Å². The molecule has 0 aliphatic heterocycles. The molecule has 21 heavy (non-hydrogen) atoms. The standard InChI is InChI=1S/C16H19N3O2/c1-21-15-7-4-12(10-17-14-5-6-14)9-13(15)11-19-16(20)3-2-8-18-19/h2-4,7-9,14,17H,5-6,10-11H2,1H3. The number of nitrogens with zero attached hydrogens (tertiary/aromatic N) is 2. The van der Waals surface area contributed by atoms with Crippen molar-refractivity contribution >= 4 is 0 Å². The zero-order valence-corrected chi connectivity index (χ0v) is 12.1. The summed E-state index contributed by atoms with van der Waals surface area (Å²) in [5.74, 6) is 0.780. The van der Waals surface area contributed by atoms with E-state index < -0.39 is 0 Å². The Kier molecular flexibility index (Phi) is 4.01. The molecular formula is C16H19N3O2. The average molecular weight is 285 g/mol. The van der Waals surface area contributed by atoms with Crippen molar-refractivity contribution in [3.63, 3.8) is 0 Å². The van der Waals surface area contributed by atoms with Gasteiger partial charge in [0.05, 0.1) is 13.7 Å². The zero-order chi connectivity index (χ0) is 14.7. The first-order valence-electron chi connectivity index (χ1n) is 7.17. The van der Waals surface area contributed by atoms with E-state index in [0.29, 0.717) is 12.6 Å². The number of methoxy groups -OCH3 is 1. The molecule has 0 saturated heterocycles. The molecule has 3 rings (SSSR count). The maximum absolute atomic E-state index is 11.8. The summed E-state index contributed by atoms with van der Waals surface area (Å²) in [6, 6.07) is 9.92. The van der Waals surface area contributed by atoms with E-state index in [0.717, 1.165) is 17.9 Å². The van der Waals surface area contributed by atoms with Gasteiger partial charge in [-0.1, -0.05) is 6.07 Å². The minimum atomic E-state index is -0.110. The topological polar surface area (TPSA) is 56.1 Å². The van der Waals surface area contributed by atoms with Gasteiger partial charge in [-0.15, -0.1) is 0 Å². The highest BCUT2D eigenvalue weighted by atomic mass is 16.5. The predicted molar refractivity (Wildman–Crippen MR) is 80.5 cm³/mol. The number of ether oxygens (including phenoxy) is 1. The van der Waals surface area contributed by atoms with E-state index in [4.69, 9.17) is 4.74 Å². The first-order chi connectivity index (χ1) is 10.3. The fraction of sp³-hybridized carbons (Fsp3) is 0.375. The molecule has 1 heterocycles. The van der Waals surface area contributed by atoms with Gasteiger partial charge in [0.15, 0.2) is 0 Å². The maximum Gasteiger partial charge on any atom is 0.267 e. The summed E-state index contributed by atoms with van der Waals surface area (Å²) in [6.45, 7) is 1.26. The van der Waals surface area contributed by atoms with Crippen LogP contribution in [-0.4, -0.2) is 22.9 Å². The lowest BCUT2D eigenvalue weighted by molar-refractivity contribution is 0.406. The minimum Gasteiger partial charge on any atom is -0.496 e. The van der Waals surface area contributed by atoms with Gasteiger partial charge in [0.2, 0.25) is 0 Å². The van der Waals surface area contributed by atoms with E-state index in [9.17, 15) is 4.79 Å². The van der Waals surface area contributed by atoms with Crippen molar-refractivity contribution < 1.29 is 4.74 Å². The van der Waals surface area contributed by atoms with Crippen LogP contribution in [0.4, 0.5) is 0 Å². The van der Waals surface area contributed by atoms with Gasteiger partial charge in [-0.05, 0) is 36.6 Å². The first-order valence-corrected chi connectivity index (χ1v) is 7.17. The predicted octanol–water partition coefficient (Wildman–Crippen LogP) is 1.55. The molecule has 1 fully saturated rings. The normalized spacial score (nSPS) is 14.1. The van der Waals surface area contributed by atoms with Crippen LogP contribution >= 0.6 is 0 Å². The molecular weight excluding hydrogens is 266 g/mol. The molecule has 1 aromatic heterocycles. The fourth-order valence-corrected chi connectivity index (χ4v) is 2.28. The van der Waals surface area contributed by atoms with Crippen molar-refractivity contribution in [2.45, 2.75) is 32.0 Å². The molecule has 5 heteroatoms. The van der Waals surface area contributed by atoms with Crippen LogP contribution in [0.15, 0.2) is 41.3 Å². The number of benzene rings is 1. The summed E-state index contributed by atoms with van der Waals surface area (Å²) in [5.41, 5.74) is 2.05. The fourth-order valence-electron chi connectivity index (χ4n) is 2.28. The van der Waals surface area contributed by atoms with Gasteiger partial charge in [0.25, 0.3) is 5.56 Å². The molecule has 0 amide bonds. The van der Waals surface area contributed by atoms with Crippen LogP contribution < -0.4 is 15.6 Å². The zero-order valence-electron chi connectivity index (χ0n) is 12.1. The van der Waals surface area contributed by atoms with Crippen molar-refractivity contribution in [2.75, 3.05) is 7.11 Å². The molecule has 0 unspecified atom stereocenters. The SMILES string of the molecule is COc1ccc(CNC2CC2)cc1Cn1ncccc1=O. The second-order valence-corrected chi connectivity index (χ2v) is 5.32. The van der Waals surface area contributed by atoms with Crippen LogP contribution in [0, 0.1) is 0 Å². The third-order valence-electron chi connectivity index (χ3n) is 3.62. The lowest BCUT2D eigenvalue weighted by Crippen LogP contribution is -2.22. The number of hydrogen-bond donors (Lipinski definition) is 1. The van der Waals surface area contributed by atoms with E-state index in [2.05, 4.69) is 22.5 Å². The molecule has 0 spiro atoms. The molecule has 5 nitrogen and oxygen atoms in total. The highest BCUT2D eigenvalue weighted by molar-refractivity contribution is 5.37. The molecule has 110 valence electrons. The van der Waals surface area contributed by atoms with Crippen LogP contribution in [-0.2, 0) is 13.1 Å². The summed E-state index contributed by atoms with van der Waals surface area (Å²) in [4.78, 5) is 11.8. The Labute approximate surface area is 123 Å². The average Bonchev–Trinajstić information content (AvgIpc) is 3.32.